The third kappa shape index (κ3) is 2.81. The van der Waals surface area contributed by atoms with Crippen molar-refractivity contribution in [1.82, 2.24) is 5.32 Å². The van der Waals surface area contributed by atoms with E-state index < -0.39 is 0 Å². The molecule has 1 N–H and O–H groups in total. The molecule has 0 atom stereocenters. The highest BCUT2D eigenvalue weighted by molar-refractivity contribution is 14.1. The molecule has 4 nitrogen and oxygen atoms in total. The van der Waals surface area contributed by atoms with Crippen LogP contribution >= 0.6 is 34.4 Å². The van der Waals surface area contributed by atoms with Crippen LogP contribution < -0.4 is 10.1 Å². The predicted octanol–water partition coefficient (Wildman–Crippen LogP) is 2.62. The van der Waals surface area contributed by atoms with Crippen LogP contribution in [0, 0.1) is 3.57 Å². The highest BCUT2D eigenvalue weighted by Crippen LogP contribution is 2.28. The number of ether oxygens (including phenoxy) is 1. The third-order valence-electron chi connectivity index (χ3n) is 2.12. The molecule has 0 aliphatic carbocycles. The van der Waals surface area contributed by atoms with Crippen molar-refractivity contribution in [2.45, 2.75) is 0 Å². The second-order valence-electron chi connectivity index (χ2n) is 3.25. The molecule has 0 radical (unpaired) electrons. The maximum absolute atomic E-state index is 11.3. The minimum Gasteiger partial charge on any atom is -0.496 e. The molecule has 1 aliphatic heterocycles. The second-order valence-corrected chi connectivity index (χ2v) is 5.42. The molecule has 0 spiro atoms. The topological polar surface area (TPSA) is 55.4 Å². The summed E-state index contributed by atoms with van der Waals surface area (Å²) in [5.74, 6) is 0.443. The van der Waals surface area contributed by atoms with Crippen LogP contribution in [-0.2, 0) is 4.79 Å². The van der Waals surface area contributed by atoms with Crippen LogP contribution in [0.1, 0.15) is 5.56 Å². The number of halogens is 1. The fourth-order valence-electron chi connectivity index (χ4n) is 1.34. The highest BCUT2D eigenvalue weighted by Gasteiger charge is 2.24. The van der Waals surface area contributed by atoms with Gasteiger partial charge in [-0.3, -0.25) is 14.9 Å². The van der Waals surface area contributed by atoms with E-state index in [-0.39, 0.29) is 11.1 Å². The Balaban J connectivity index is 2.30. The van der Waals surface area contributed by atoms with Crippen LogP contribution in [0.4, 0.5) is 4.79 Å². The molecule has 1 aromatic rings. The van der Waals surface area contributed by atoms with Crippen molar-refractivity contribution >= 4 is 51.6 Å². The fraction of sp³-hybridized carbons (Fsp3) is 0.0909. The first-order valence-electron chi connectivity index (χ1n) is 4.68. The van der Waals surface area contributed by atoms with E-state index in [0.717, 1.165) is 26.6 Å². The standard InChI is InChI=1S/C11H8INO3S/c1-16-8-3-2-6(4-7(8)12)5-9-10(14)13-11(15)17-9/h2-5H,1H3,(H,13,14,15)/b9-5-. The van der Waals surface area contributed by atoms with Crippen molar-refractivity contribution < 1.29 is 14.3 Å². The summed E-state index contributed by atoms with van der Waals surface area (Å²) < 4.78 is 6.09. The summed E-state index contributed by atoms with van der Waals surface area (Å²) in [6.45, 7) is 0. The van der Waals surface area contributed by atoms with E-state index in [0.29, 0.717) is 4.91 Å². The first-order chi connectivity index (χ1) is 8.10. The van der Waals surface area contributed by atoms with E-state index in [4.69, 9.17) is 4.74 Å². The van der Waals surface area contributed by atoms with Gasteiger partial charge in [0.15, 0.2) is 0 Å². The van der Waals surface area contributed by atoms with Gasteiger partial charge >= 0.3 is 0 Å². The first-order valence-corrected chi connectivity index (χ1v) is 6.58. The van der Waals surface area contributed by atoms with E-state index in [1.807, 2.05) is 18.2 Å². The number of thioether (sulfide) groups is 1. The Hall–Kier alpha value is -1.02. The molecule has 2 rings (SSSR count). The number of rotatable bonds is 2. The van der Waals surface area contributed by atoms with Crippen molar-refractivity contribution in [3.05, 3.63) is 32.2 Å². The maximum atomic E-state index is 11.3. The lowest BCUT2D eigenvalue weighted by Crippen LogP contribution is -2.17. The molecule has 0 unspecified atom stereocenters. The predicted molar refractivity (Wildman–Crippen MR) is 74.8 cm³/mol. The molecule has 1 heterocycles. The molecule has 1 fully saturated rings. The van der Waals surface area contributed by atoms with Crippen LogP contribution in [0.3, 0.4) is 0 Å². The molecule has 0 aromatic heterocycles. The normalized spacial score (nSPS) is 17.4. The Morgan fingerprint density at radius 1 is 1.41 bits per heavy atom. The number of benzene rings is 1. The molecule has 1 aliphatic rings. The van der Waals surface area contributed by atoms with Gasteiger partial charge in [0.1, 0.15) is 5.75 Å². The Morgan fingerprint density at radius 3 is 2.71 bits per heavy atom. The van der Waals surface area contributed by atoms with Gasteiger partial charge in [-0.1, -0.05) is 6.07 Å². The second kappa shape index (κ2) is 5.09. The monoisotopic (exact) mass is 361 g/mol. The van der Waals surface area contributed by atoms with Gasteiger partial charge in [0.2, 0.25) is 0 Å². The number of methoxy groups -OCH3 is 1. The number of hydrogen-bond acceptors (Lipinski definition) is 4. The number of imide groups is 1. The SMILES string of the molecule is COc1ccc(/C=C2\SC(=O)NC2=O)cc1I. The average Bonchev–Trinajstić information content (AvgIpc) is 2.58. The largest absolute Gasteiger partial charge is 0.496 e. The summed E-state index contributed by atoms with van der Waals surface area (Å²) in [7, 11) is 1.61. The van der Waals surface area contributed by atoms with E-state index >= 15 is 0 Å². The highest BCUT2D eigenvalue weighted by atomic mass is 127. The smallest absolute Gasteiger partial charge is 0.290 e. The third-order valence-corrected chi connectivity index (χ3v) is 3.77. The lowest BCUT2D eigenvalue weighted by molar-refractivity contribution is -0.115. The van der Waals surface area contributed by atoms with Crippen LogP contribution in [0.5, 0.6) is 5.75 Å². The van der Waals surface area contributed by atoms with Gasteiger partial charge in [-0.05, 0) is 58.1 Å². The van der Waals surface area contributed by atoms with E-state index in [9.17, 15) is 9.59 Å². The molecule has 0 saturated carbocycles. The van der Waals surface area contributed by atoms with Crippen molar-refractivity contribution in [1.29, 1.82) is 0 Å². The Kier molecular flexibility index (Phi) is 3.72. The molecule has 2 amide bonds. The van der Waals surface area contributed by atoms with Gasteiger partial charge < -0.3 is 4.74 Å². The first kappa shape index (κ1) is 12.4. The number of hydrogen-bond donors (Lipinski definition) is 1. The zero-order valence-corrected chi connectivity index (χ0v) is 11.8. The molecule has 1 saturated heterocycles. The van der Waals surface area contributed by atoms with Crippen LogP contribution in [0.25, 0.3) is 6.08 Å². The lowest BCUT2D eigenvalue weighted by Gasteiger charge is -2.03. The molecule has 17 heavy (non-hydrogen) atoms. The minimum atomic E-state index is -0.342. The molecule has 6 heteroatoms. The van der Waals surface area contributed by atoms with Gasteiger partial charge in [0, 0.05) is 0 Å². The lowest BCUT2D eigenvalue weighted by atomic mass is 10.2. The average molecular weight is 361 g/mol. The molecular weight excluding hydrogens is 353 g/mol. The number of nitrogens with one attached hydrogen (secondary N) is 1. The number of carbonyl (C=O) groups excluding carboxylic acids is 2. The van der Waals surface area contributed by atoms with Gasteiger partial charge in [-0.25, -0.2) is 0 Å². The van der Waals surface area contributed by atoms with Gasteiger partial charge in [-0.15, -0.1) is 0 Å². The zero-order chi connectivity index (χ0) is 12.4. The van der Waals surface area contributed by atoms with Gasteiger partial charge in [-0.2, -0.15) is 0 Å². The van der Waals surface area contributed by atoms with Crippen molar-refractivity contribution in [3.8, 4) is 5.75 Å². The van der Waals surface area contributed by atoms with Crippen molar-refractivity contribution in [2.24, 2.45) is 0 Å². The number of carbonyl (C=O) groups is 2. The summed E-state index contributed by atoms with van der Waals surface area (Å²) in [5, 5.41) is 1.89. The summed E-state index contributed by atoms with van der Waals surface area (Å²) >= 11 is 3.07. The molecule has 0 bridgehead atoms. The van der Waals surface area contributed by atoms with Crippen LogP contribution in [0.2, 0.25) is 0 Å². The van der Waals surface area contributed by atoms with Gasteiger partial charge in [0.25, 0.3) is 11.1 Å². The van der Waals surface area contributed by atoms with E-state index in [1.165, 1.54) is 0 Å². The quantitative estimate of drug-likeness (QED) is 0.650. The summed E-state index contributed by atoms with van der Waals surface area (Å²) in [4.78, 5) is 22.8. The fourth-order valence-corrected chi connectivity index (χ4v) is 2.79. The van der Waals surface area contributed by atoms with Crippen LogP contribution in [-0.4, -0.2) is 18.3 Å². The summed E-state index contributed by atoms with van der Waals surface area (Å²) in [6.07, 6.45) is 1.69. The minimum absolute atomic E-state index is 0.329. The molecule has 88 valence electrons. The van der Waals surface area contributed by atoms with E-state index in [1.54, 1.807) is 13.2 Å². The Morgan fingerprint density at radius 2 is 2.18 bits per heavy atom. The zero-order valence-electron chi connectivity index (χ0n) is 8.82. The van der Waals surface area contributed by atoms with E-state index in [2.05, 4.69) is 27.9 Å². The Labute approximate surface area is 116 Å². The summed E-state index contributed by atoms with van der Waals surface area (Å²) in [6, 6.07) is 5.56. The maximum Gasteiger partial charge on any atom is 0.290 e. The molecular formula is C11H8INO3S. The van der Waals surface area contributed by atoms with Crippen LogP contribution in [0.15, 0.2) is 23.1 Å². The molecule has 1 aromatic carbocycles. The Bertz CT molecular complexity index is 527. The van der Waals surface area contributed by atoms with Gasteiger partial charge in [0.05, 0.1) is 15.6 Å². The summed E-state index contributed by atoms with van der Waals surface area (Å²) in [5.41, 5.74) is 0.863. The van der Waals surface area contributed by atoms with Crippen molar-refractivity contribution in [3.63, 3.8) is 0 Å². The van der Waals surface area contributed by atoms with Crippen molar-refractivity contribution in [2.75, 3.05) is 7.11 Å². The number of amides is 2.